The molecule has 1 aliphatic heterocycles. The summed E-state index contributed by atoms with van der Waals surface area (Å²) in [7, 11) is 0. The van der Waals surface area contributed by atoms with E-state index in [9.17, 15) is 4.79 Å². The first-order valence-corrected chi connectivity index (χ1v) is 8.26. The van der Waals surface area contributed by atoms with Gasteiger partial charge in [-0.15, -0.1) is 11.3 Å². The number of aryl methyl sites for hydroxylation is 1. The molecule has 0 radical (unpaired) electrons. The topological polar surface area (TPSA) is 32.3 Å². The van der Waals surface area contributed by atoms with Crippen LogP contribution in [0.2, 0.25) is 0 Å². The molecule has 0 saturated carbocycles. The van der Waals surface area contributed by atoms with Crippen LogP contribution in [-0.4, -0.2) is 17.5 Å². The van der Waals surface area contributed by atoms with Crippen molar-refractivity contribution < 1.29 is 4.79 Å². The number of thiophene rings is 1. The lowest BCUT2D eigenvalue weighted by atomic mass is 10.1. The quantitative estimate of drug-likeness (QED) is 0.909. The lowest BCUT2D eigenvalue weighted by molar-refractivity contribution is 0.193. The van der Waals surface area contributed by atoms with Crippen LogP contribution in [0.4, 0.5) is 4.79 Å². The highest BCUT2D eigenvalue weighted by Crippen LogP contribution is 2.34. The molecule has 110 valence electrons. The Hall–Kier alpha value is -1.81. The monoisotopic (exact) mass is 300 g/mol. The second-order valence-corrected chi connectivity index (χ2v) is 6.43. The fourth-order valence-electron chi connectivity index (χ4n) is 2.87. The summed E-state index contributed by atoms with van der Waals surface area (Å²) < 4.78 is 0. The number of nitrogens with one attached hydrogen (secondary N) is 1. The van der Waals surface area contributed by atoms with Crippen LogP contribution in [0.5, 0.6) is 0 Å². The highest BCUT2D eigenvalue weighted by molar-refractivity contribution is 7.10. The van der Waals surface area contributed by atoms with Crippen molar-refractivity contribution in [3.63, 3.8) is 0 Å². The molecule has 1 aromatic carbocycles. The summed E-state index contributed by atoms with van der Waals surface area (Å²) in [6.45, 7) is 3.52. The predicted octanol–water partition coefficient (Wildman–Crippen LogP) is 4.10. The number of hydrogen-bond donors (Lipinski definition) is 1. The molecule has 3 rings (SSSR count). The Bertz CT molecular complexity index is 609. The minimum Gasteiger partial charge on any atom is -0.334 e. The van der Waals surface area contributed by atoms with E-state index < -0.39 is 0 Å². The molecule has 2 heterocycles. The van der Waals surface area contributed by atoms with Crippen molar-refractivity contribution in [3.8, 4) is 0 Å². The minimum absolute atomic E-state index is 0.0501. The second-order valence-electron chi connectivity index (χ2n) is 5.45. The fourth-order valence-corrected chi connectivity index (χ4v) is 3.74. The first-order chi connectivity index (χ1) is 10.3. The second kappa shape index (κ2) is 6.31. The number of hydrogen-bond acceptors (Lipinski definition) is 2. The molecule has 2 amide bonds. The molecule has 1 saturated heterocycles. The Morgan fingerprint density at radius 2 is 2.19 bits per heavy atom. The number of nitrogens with zero attached hydrogens (tertiary/aromatic N) is 1. The Morgan fingerprint density at radius 1 is 1.33 bits per heavy atom. The zero-order valence-corrected chi connectivity index (χ0v) is 13.0. The summed E-state index contributed by atoms with van der Waals surface area (Å²) in [5, 5.41) is 5.15. The Morgan fingerprint density at radius 3 is 2.95 bits per heavy atom. The number of amides is 2. The van der Waals surface area contributed by atoms with Crippen molar-refractivity contribution in [1.82, 2.24) is 10.2 Å². The van der Waals surface area contributed by atoms with Crippen LogP contribution < -0.4 is 5.32 Å². The largest absolute Gasteiger partial charge is 0.334 e. The fraction of sp³-hybridized carbons (Fsp3) is 0.353. The molecule has 0 spiro atoms. The van der Waals surface area contributed by atoms with Crippen molar-refractivity contribution >= 4 is 17.4 Å². The van der Waals surface area contributed by atoms with E-state index in [1.807, 2.05) is 17.0 Å². The number of likely N-dealkylation sites (tertiary alicyclic amines) is 1. The van der Waals surface area contributed by atoms with E-state index in [2.05, 4.69) is 41.9 Å². The van der Waals surface area contributed by atoms with Crippen LogP contribution in [0.3, 0.4) is 0 Å². The predicted molar refractivity (Wildman–Crippen MR) is 86.4 cm³/mol. The SMILES string of the molecule is Cc1ccccc1CNC(=O)N1CCCC1c1cccs1. The van der Waals surface area contributed by atoms with Crippen LogP contribution in [0.1, 0.15) is 34.9 Å². The van der Waals surface area contributed by atoms with Gasteiger partial charge < -0.3 is 10.2 Å². The Labute approximate surface area is 129 Å². The third-order valence-corrected chi connectivity index (χ3v) is 5.05. The molecule has 1 atom stereocenters. The van der Waals surface area contributed by atoms with Gasteiger partial charge in [0.15, 0.2) is 0 Å². The van der Waals surface area contributed by atoms with Crippen molar-refractivity contribution in [3.05, 3.63) is 57.8 Å². The molecular formula is C17H20N2OS. The maximum atomic E-state index is 12.5. The number of rotatable bonds is 3. The third-order valence-electron chi connectivity index (χ3n) is 4.08. The van der Waals surface area contributed by atoms with Gasteiger partial charge in [-0.25, -0.2) is 4.79 Å². The molecule has 4 heteroatoms. The molecule has 1 aliphatic rings. The van der Waals surface area contributed by atoms with Crippen molar-refractivity contribution in [1.29, 1.82) is 0 Å². The molecule has 21 heavy (non-hydrogen) atoms. The molecule has 1 unspecified atom stereocenters. The van der Waals surface area contributed by atoms with Gasteiger partial charge in [0.2, 0.25) is 0 Å². The van der Waals surface area contributed by atoms with Crippen LogP contribution in [0, 0.1) is 6.92 Å². The number of carbonyl (C=O) groups is 1. The number of carbonyl (C=O) groups excluding carboxylic acids is 1. The Kier molecular flexibility index (Phi) is 4.25. The normalized spacial score (nSPS) is 18.0. The summed E-state index contributed by atoms with van der Waals surface area (Å²) in [5.74, 6) is 0. The standard InChI is InChI=1S/C17H20N2OS/c1-13-6-2-3-7-14(13)12-18-17(20)19-10-4-8-15(19)16-9-5-11-21-16/h2-3,5-7,9,11,15H,4,8,10,12H2,1H3,(H,18,20). The first kappa shape index (κ1) is 14.1. The zero-order valence-electron chi connectivity index (χ0n) is 12.2. The van der Waals surface area contributed by atoms with Gasteiger partial charge in [0.25, 0.3) is 0 Å². The highest BCUT2D eigenvalue weighted by Gasteiger charge is 2.30. The van der Waals surface area contributed by atoms with E-state index in [4.69, 9.17) is 0 Å². The van der Waals surface area contributed by atoms with Gasteiger partial charge >= 0.3 is 6.03 Å². The first-order valence-electron chi connectivity index (χ1n) is 7.38. The zero-order chi connectivity index (χ0) is 14.7. The van der Waals surface area contributed by atoms with E-state index in [0.717, 1.165) is 19.4 Å². The van der Waals surface area contributed by atoms with Crippen molar-refractivity contribution in [2.75, 3.05) is 6.54 Å². The van der Waals surface area contributed by atoms with Crippen LogP contribution in [0.15, 0.2) is 41.8 Å². The van der Waals surface area contributed by atoms with E-state index in [-0.39, 0.29) is 12.1 Å². The average molecular weight is 300 g/mol. The lowest BCUT2D eigenvalue weighted by Crippen LogP contribution is -2.39. The number of benzene rings is 1. The molecule has 0 bridgehead atoms. The molecule has 3 nitrogen and oxygen atoms in total. The van der Waals surface area contributed by atoms with Crippen molar-refractivity contribution in [2.45, 2.75) is 32.4 Å². The summed E-state index contributed by atoms with van der Waals surface area (Å²) in [6.07, 6.45) is 2.15. The lowest BCUT2D eigenvalue weighted by Gasteiger charge is -2.24. The van der Waals surface area contributed by atoms with Gasteiger partial charge in [0.1, 0.15) is 0 Å². The van der Waals surface area contributed by atoms with E-state index >= 15 is 0 Å². The summed E-state index contributed by atoms with van der Waals surface area (Å²) in [4.78, 5) is 15.7. The minimum atomic E-state index is 0.0501. The van der Waals surface area contributed by atoms with E-state index in [0.29, 0.717) is 6.54 Å². The summed E-state index contributed by atoms with van der Waals surface area (Å²) >= 11 is 1.74. The van der Waals surface area contributed by atoms with E-state index in [1.54, 1.807) is 11.3 Å². The van der Waals surface area contributed by atoms with Gasteiger partial charge in [0.05, 0.1) is 6.04 Å². The number of urea groups is 1. The molecular weight excluding hydrogens is 280 g/mol. The van der Waals surface area contributed by atoms with Gasteiger partial charge in [-0.05, 0) is 42.3 Å². The van der Waals surface area contributed by atoms with Crippen molar-refractivity contribution in [2.24, 2.45) is 0 Å². The van der Waals surface area contributed by atoms with E-state index in [1.165, 1.54) is 16.0 Å². The maximum Gasteiger partial charge on any atom is 0.318 e. The summed E-state index contributed by atoms with van der Waals surface area (Å²) in [5.41, 5.74) is 2.40. The molecule has 1 N–H and O–H groups in total. The molecule has 1 aromatic heterocycles. The Balaban J connectivity index is 1.64. The molecule has 2 aromatic rings. The van der Waals surface area contributed by atoms with Gasteiger partial charge in [-0.3, -0.25) is 0 Å². The smallest absolute Gasteiger partial charge is 0.318 e. The van der Waals surface area contributed by atoms with Crippen LogP contribution in [0.25, 0.3) is 0 Å². The highest BCUT2D eigenvalue weighted by atomic mass is 32.1. The maximum absolute atomic E-state index is 12.5. The molecule has 0 aliphatic carbocycles. The third kappa shape index (κ3) is 3.10. The van der Waals surface area contributed by atoms with Gasteiger partial charge in [0, 0.05) is 18.0 Å². The summed E-state index contributed by atoms with van der Waals surface area (Å²) in [6, 6.07) is 12.7. The molecule has 1 fully saturated rings. The van der Waals surface area contributed by atoms with Crippen LogP contribution in [-0.2, 0) is 6.54 Å². The van der Waals surface area contributed by atoms with Gasteiger partial charge in [-0.2, -0.15) is 0 Å². The van der Waals surface area contributed by atoms with Gasteiger partial charge in [-0.1, -0.05) is 30.3 Å². The van der Waals surface area contributed by atoms with Crippen LogP contribution >= 0.6 is 11.3 Å². The average Bonchev–Trinajstić information content (AvgIpc) is 3.16.